The number of ketones is 1. The first-order valence-electron chi connectivity index (χ1n) is 8.39. The minimum Gasteiger partial charge on any atom is -0.378 e. The van der Waals surface area contributed by atoms with Gasteiger partial charge >= 0.3 is 0 Å². The van der Waals surface area contributed by atoms with Gasteiger partial charge < -0.3 is 5.32 Å². The van der Waals surface area contributed by atoms with Crippen LogP contribution >= 0.6 is 11.6 Å². The smallest absolute Gasteiger partial charge is 0.165 e. The second-order valence-corrected chi connectivity index (χ2v) is 6.69. The molecule has 26 heavy (non-hydrogen) atoms. The third-order valence-electron chi connectivity index (χ3n) is 4.22. The van der Waals surface area contributed by atoms with E-state index < -0.39 is 0 Å². The van der Waals surface area contributed by atoms with E-state index in [1.165, 1.54) is 12.1 Å². The molecule has 0 spiro atoms. The molecule has 0 radical (unpaired) electrons. The largest absolute Gasteiger partial charge is 0.378 e. The van der Waals surface area contributed by atoms with Gasteiger partial charge in [0.1, 0.15) is 5.82 Å². The molecule has 0 fully saturated rings. The lowest BCUT2D eigenvalue weighted by molar-refractivity contribution is 0.0976. The van der Waals surface area contributed by atoms with Gasteiger partial charge in [-0.3, -0.25) is 4.79 Å². The van der Waals surface area contributed by atoms with Crippen LogP contribution in [0.3, 0.4) is 0 Å². The monoisotopic (exact) mass is 367 g/mol. The molecule has 0 heterocycles. The van der Waals surface area contributed by atoms with E-state index in [1.54, 1.807) is 24.3 Å². The lowest BCUT2D eigenvalue weighted by Crippen LogP contribution is -2.16. The van der Waals surface area contributed by atoms with Crippen molar-refractivity contribution in [3.63, 3.8) is 0 Å². The van der Waals surface area contributed by atoms with Crippen molar-refractivity contribution >= 4 is 23.1 Å². The normalized spacial score (nSPS) is 11.8. The Morgan fingerprint density at radius 2 is 1.58 bits per heavy atom. The molecule has 0 saturated heterocycles. The summed E-state index contributed by atoms with van der Waals surface area (Å²) in [6.45, 7) is 1.99. The second-order valence-electron chi connectivity index (χ2n) is 6.25. The summed E-state index contributed by atoms with van der Waals surface area (Å²) >= 11 is 5.98. The average Bonchev–Trinajstić information content (AvgIpc) is 2.64. The molecule has 2 nitrogen and oxygen atoms in total. The van der Waals surface area contributed by atoms with Crippen LogP contribution in [0.4, 0.5) is 10.1 Å². The summed E-state index contributed by atoms with van der Waals surface area (Å²) < 4.78 is 13.2. The molecule has 3 aromatic carbocycles. The molecule has 132 valence electrons. The van der Waals surface area contributed by atoms with Crippen molar-refractivity contribution in [2.24, 2.45) is 0 Å². The molecule has 0 amide bonds. The number of Topliss-reactive ketones (excluding diaryl/α,β-unsaturated/α-hetero) is 1. The first-order chi connectivity index (χ1) is 12.5. The van der Waals surface area contributed by atoms with Gasteiger partial charge in [0, 0.05) is 22.7 Å². The Kier molecular flexibility index (Phi) is 5.69. The highest BCUT2D eigenvalue weighted by Gasteiger charge is 2.17. The van der Waals surface area contributed by atoms with Gasteiger partial charge in [0.2, 0.25) is 0 Å². The zero-order valence-electron chi connectivity index (χ0n) is 14.4. The lowest BCUT2D eigenvalue weighted by Gasteiger charge is -2.20. The van der Waals surface area contributed by atoms with Crippen molar-refractivity contribution < 1.29 is 9.18 Å². The van der Waals surface area contributed by atoms with E-state index in [2.05, 4.69) is 5.32 Å². The van der Waals surface area contributed by atoms with Crippen LogP contribution in [0, 0.1) is 12.7 Å². The molecule has 0 aliphatic rings. The fourth-order valence-electron chi connectivity index (χ4n) is 2.74. The van der Waals surface area contributed by atoms with Crippen LogP contribution in [0.5, 0.6) is 0 Å². The van der Waals surface area contributed by atoms with E-state index in [1.807, 2.05) is 43.3 Å². The Bertz CT molecular complexity index is 874. The SMILES string of the molecule is Cc1ccc(C(=O)C[C@@H](Nc2ccc(F)cc2)c2ccc(Cl)cc2)cc1. The highest BCUT2D eigenvalue weighted by atomic mass is 35.5. The van der Waals surface area contributed by atoms with Crippen molar-refractivity contribution in [3.8, 4) is 0 Å². The maximum absolute atomic E-state index is 13.2. The van der Waals surface area contributed by atoms with Crippen molar-refractivity contribution in [3.05, 3.63) is 100 Å². The van der Waals surface area contributed by atoms with Gasteiger partial charge in [-0.25, -0.2) is 4.39 Å². The van der Waals surface area contributed by atoms with E-state index >= 15 is 0 Å². The minimum absolute atomic E-state index is 0.0413. The molecule has 0 bridgehead atoms. The van der Waals surface area contributed by atoms with Gasteiger partial charge in [0.05, 0.1) is 6.04 Å². The van der Waals surface area contributed by atoms with Crippen molar-refractivity contribution in [2.75, 3.05) is 5.32 Å². The molecule has 4 heteroatoms. The van der Waals surface area contributed by atoms with E-state index in [0.717, 1.165) is 16.8 Å². The first-order valence-corrected chi connectivity index (χ1v) is 8.76. The number of nitrogens with one attached hydrogen (secondary N) is 1. The highest BCUT2D eigenvalue weighted by molar-refractivity contribution is 6.30. The minimum atomic E-state index is -0.297. The number of halogens is 2. The summed E-state index contributed by atoms with van der Waals surface area (Å²) in [6, 6.07) is 20.8. The third-order valence-corrected chi connectivity index (χ3v) is 4.47. The summed E-state index contributed by atoms with van der Waals surface area (Å²) in [5.41, 5.74) is 3.48. The molecule has 1 atom stereocenters. The van der Waals surface area contributed by atoms with Crippen LogP contribution in [0.25, 0.3) is 0 Å². The first kappa shape index (κ1) is 18.2. The average molecular weight is 368 g/mol. The lowest BCUT2D eigenvalue weighted by atomic mass is 9.97. The second kappa shape index (κ2) is 8.15. The molecule has 0 aliphatic carbocycles. The van der Waals surface area contributed by atoms with Gasteiger partial charge in [-0.05, 0) is 48.9 Å². The predicted octanol–water partition coefficient (Wildman–Crippen LogP) is 6.21. The van der Waals surface area contributed by atoms with Gasteiger partial charge in [-0.15, -0.1) is 0 Å². The number of rotatable bonds is 6. The molecule has 3 aromatic rings. The molecular weight excluding hydrogens is 349 g/mol. The number of aryl methyl sites for hydroxylation is 1. The van der Waals surface area contributed by atoms with Gasteiger partial charge in [-0.1, -0.05) is 53.6 Å². The van der Waals surface area contributed by atoms with Crippen molar-refractivity contribution in [1.82, 2.24) is 0 Å². The fraction of sp³-hybridized carbons (Fsp3) is 0.136. The quantitative estimate of drug-likeness (QED) is 0.524. The maximum atomic E-state index is 13.2. The van der Waals surface area contributed by atoms with E-state index in [4.69, 9.17) is 11.6 Å². The zero-order chi connectivity index (χ0) is 18.5. The standard InChI is InChI=1S/C22H19ClFNO/c1-15-2-4-17(5-3-15)22(26)14-21(16-6-8-18(23)9-7-16)25-20-12-10-19(24)11-13-20/h2-13,21,25H,14H2,1H3/t21-/m1/s1. The van der Waals surface area contributed by atoms with Crippen LogP contribution in [0.2, 0.25) is 5.02 Å². The third kappa shape index (κ3) is 4.70. The Morgan fingerprint density at radius 3 is 2.19 bits per heavy atom. The predicted molar refractivity (Wildman–Crippen MR) is 104 cm³/mol. The molecule has 0 aliphatic heterocycles. The van der Waals surface area contributed by atoms with E-state index in [9.17, 15) is 9.18 Å². The molecule has 0 aromatic heterocycles. The van der Waals surface area contributed by atoms with E-state index in [0.29, 0.717) is 10.6 Å². The highest BCUT2D eigenvalue weighted by Crippen LogP contribution is 2.26. The summed E-state index contributed by atoms with van der Waals surface area (Å²) in [5, 5.41) is 3.96. The molecule has 0 saturated carbocycles. The van der Waals surface area contributed by atoms with Crippen molar-refractivity contribution in [1.29, 1.82) is 0 Å². The van der Waals surface area contributed by atoms with Crippen LogP contribution < -0.4 is 5.32 Å². The maximum Gasteiger partial charge on any atom is 0.165 e. The Labute approximate surface area is 157 Å². The number of hydrogen-bond acceptors (Lipinski definition) is 2. The van der Waals surface area contributed by atoms with Gasteiger partial charge in [0.25, 0.3) is 0 Å². The summed E-state index contributed by atoms with van der Waals surface area (Å²) in [4.78, 5) is 12.7. The number of carbonyl (C=O) groups is 1. The van der Waals surface area contributed by atoms with Crippen LogP contribution in [-0.4, -0.2) is 5.78 Å². The number of carbonyl (C=O) groups excluding carboxylic acids is 1. The Morgan fingerprint density at radius 1 is 0.962 bits per heavy atom. The number of hydrogen-bond donors (Lipinski definition) is 1. The Balaban J connectivity index is 1.84. The summed E-state index contributed by atoms with van der Waals surface area (Å²) in [5.74, 6) is -0.256. The van der Waals surface area contributed by atoms with Crippen LogP contribution in [-0.2, 0) is 0 Å². The number of anilines is 1. The zero-order valence-corrected chi connectivity index (χ0v) is 15.1. The van der Waals surface area contributed by atoms with E-state index in [-0.39, 0.29) is 24.1 Å². The summed E-state index contributed by atoms with van der Waals surface area (Å²) in [7, 11) is 0. The number of benzene rings is 3. The van der Waals surface area contributed by atoms with Crippen molar-refractivity contribution in [2.45, 2.75) is 19.4 Å². The molecule has 0 unspecified atom stereocenters. The molecule has 3 rings (SSSR count). The van der Waals surface area contributed by atoms with Crippen LogP contribution in [0.15, 0.2) is 72.8 Å². The fourth-order valence-corrected chi connectivity index (χ4v) is 2.86. The van der Waals surface area contributed by atoms with Gasteiger partial charge in [0.15, 0.2) is 5.78 Å². The van der Waals surface area contributed by atoms with Gasteiger partial charge in [-0.2, -0.15) is 0 Å². The Hall–Kier alpha value is -2.65. The topological polar surface area (TPSA) is 29.1 Å². The van der Waals surface area contributed by atoms with Crippen LogP contribution in [0.1, 0.15) is 33.9 Å². The summed E-state index contributed by atoms with van der Waals surface area (Å²) in [6.07, 6.45) is 0.280. The molecular formula is C22H19ClFNO. The molecule has 1 N–H and O–H groups in total.